The van der Waals surface area contributed by atoms with Gasteiger partial charge in [-0.05, 0) is 82.2 Å². The van der Waals surface area contributed by atoms with Crippen LogP contribution in [0.25, 0.3) is 33.1 Å². The first-order valence-electron chi connectivity index (χ1n) is 14.7. The predicted molar refractivity (Wildman–Crippen MR) is 168 cm³/mol. The number of carbonyl (C=O) groups is 1. The van der Waals surface area contributed by atoms with Crippen LogP contribution in [0.4, 0.5) is 5.82 Å². The minimum atomic E-state index is -0.355. The molecule has 1 aliphatic carbocycles. The first kappa shape index (κ1) is 29.1. The van der Waals surface area contributed by atoms with Crippen LogP contribution >= 0.6 is 11.6 Å². The highest BCUT2D eigenvalue weighted by molar-refractivity contribution is 6.30. The fourth-order valence-electron chi connectivity index (χ4n) is 6.39. The minimum absolute atomic E-state index is 0.172. The van der Waals surface area contributed by atoms with E-state index in [1.54, 1.807) is 7.11 Å². The van der Waals surface area contributed by atoms with Gasteiger partial charge < -0.3 is 24.7 Å². The molecule has 3 aromatic heterocycles. The van der Waals surface area contributed by atoms with Gasteiger partial charge in [-0.2, -0.15) is 0 Å². The zero-order valence-corrected chi connectivity index (χ0v) is 25.6. The Morgan fingerprint density at radius 2 is 1.95 bits per heavy atom. The average Bonchev–Trinajstić information content (AvgIpc) is 3.50. The highest BCUT2D eigenvalue weighted by atomic mass is 35.5. The van der Waals surface area contributed by atoms with Gasteiger partial charge >= 0.3 is 0 Å². The molecule has 9 nitrogen and oxygen atoms in total. The number of rotatable bonds is 9. The number of nitrogens with one attached hydrogen (secondary N) is 2. The van der Waals surface area contributed by atoms with Crippen LogP contribution in [0.1, 0.15) is 67.4 Å². The maximum absolute atomic E-state index is 13.4. The molecule has 0 spiro atoms. The third kappa shape index (κ3) is 5.96. The number of fused-ring (bicyclic) bond motifs is 3. The van der Waals surface area contributed by atoms with Crippen molar-refractivity contribution in [1.29, 1.82) is 0 Å². The van der Waals surface area contributed by atoms with Crippen molar-refractivity contribution in [3.05, 3.63) is 64.3 Å². The lowest BCUT2D eigenvalue weighted by Gasteiger charge is -2.26. The number of aliphatic hydroxyl groups is 1. The molecule has 5 aromatic rings. The lowest BCUT2D eigenvalue weighted by Crippen LogP contribution is -2.22. The second kappa shape index (κ2) is 12.0. The van der Waals surface area contributed by atoms with Crippen molar-refractivity contribution in [1.82, 2.24) is 20.1 Å². The fourth-order valence-corrected chi connectivity index (χ4v) is 6.59. The second-order valence-corrected chi connectivity index (χ2v) is 12.1. The molecular formula is C33H36ClN5O4. The number of ether oxygens (including phenoxy) is 1. The van der Waals surface area contributed by atoms with E-state index in [9.17, 15) is 9.90 Å². The summed E-state index contributed by atoms with van der Waals surface area (Å²) >= 11 is 6.40. The Labute approximate surface area is 255 Å². The molecule has 224 valence electrons. The Kier molecular flexibility index (Phi) is 8.11. The predicted octanol–water partition coefficient (Wildman–Crippen LogP) is 7.41. The molecule has 0 radical (unpaired) electrons. The van der Waals surface area contributed by atoms with Crippen molar-refractivity contribution in [2.24, 2.45) is 5.92 Å². The highest BCUT2D eigenvalue weighted by Gasteiger charge is 2.26. The molecule has 0 amide bonds. The summed E-state index contributed by atoms with van der Waals surface area (Å²) in [5.74, 6) is 3.08. The van der Waals surface area contributed by atoms with Crippen LogP contribution in [0.5, 0.6) is 5.75 Å². The number of aromatic amines is 1. The van der Waals surface area contributed by atoms with Crippen molar-refractivity contribution in [2.45, 2.75) is 71.4 Å². The third-order valence-electron chi connectivity index (χ3n) is 8.51. The topological polar surface area (TPSA) is 126 Å². The van der Waals surface area contributed by atoms with Gasteiger partial charge in [-0.1, -0.05) is 28.9 Å². The SMILES string of the molecule is COc1cc2c(cc1-c1c(C)noc1C)[nH]c1nc(C)nc(N[C@H](CC(=O)CC3CCC(O)CC3)c3cccc(Cl)c3)c12. The molecule has 3 heterocycles. The van der Waals surface area contributed by atoms with Gasteiger partial charge in [0.25, 0.3) is 0 Å². The summed E-state index contributed by atoms with van der Waals surface area (Å²) in [6.45, 7) is 5.64. The Balaban J connectivity index is 1.40. The monoisotopic (exact) mass is 601 g/mol. The summed E-state index contributed by atoms with van der Waals surface area (Å²) in [5, 5.41) is 19.9. The van der Waals surface area contributed by atoms with Crippen molar-refractivity contribution in [2.75, 3.05) is 12.4 Å². The number of halogens is 1. The number of ketones is 1. The van der Waals surface area contributed by atoms with Gasteiger partial charge in [-0.25, -0.2) is 9.97 Å². The zero-order chi connectivity index (χ0) is 30.2. The maximum Gasteiger partial charge on any atom is 0.144 e. The molecule has 10 heteroatoms. The molecule has 0 aliphatic heterocycles. The van der Waals surface area contributed by atoms with E-state index in [-0.39, 0.29) is 24.3 Å². The highest BCUT2D eigenvalue weighted by Crippen LogP contribution is 2.41. The lowest BCUT2D eigenvalue weighted by atomic mass is 9.83. The number of hydrogen-bond acceptors (Lipinski definition) is 8. The third-order valence-corrected chi connectivity index (χ3v) is 8.75. The molecule has 0 unspecified atom stereocenters. The number of carbonyl (C=O) groups excluding carboxylic acids is 1. The van der Waals surface area contributed by atoms with Crippen LogP contribution in [-0.2, 0) is 4.79 Å². The first-order valence-corrected chi connectivity index (χ1v) is 15.1. The van der Waals surface area contributed by atoms with E-state index >= 15 is 0 Å². The summed E-state index contributed by atoms with van der Waals surface area (Å²) in [6.07, 6.45) is 3.81. The summed E-state index contributed by atoms with van der Waals surface area (Å²) in [5.41, 5.74) is 4.99. The van der Waals surface area contributed by atoms with Gasteiger partial charge in [0, 0.05) is 34.3 Å². The summed E-state index contributed by atoms with van der Waals surface area (Å²) in [7, 11) is 1.64. The Bertz CT molecular complexity index is 1780. The number of nitrogens with zero attached hydrogens (tertiary/aromatic N) is 3. The van der Waals surface area contributed by atoms with Crippen LogP contribution in [0.15, 0.2) is 40.9 Å². The molecule has 0 bridgehead atoms. The molecular weight excluding hydrogens is 566 g/mol. The molecule has 3 N–H and O–H groups in total. The quantitative estimate of drug-likeness (QED) is 0.159. The molecule has 1 atom stereocenters. The second-order valence-electron chi connectivity index (χ2n) is 11.6. The van der Waals surface area contributed by atoms with Gasteiger partial charge in [0.15, 0.2) is 0 Å². The van der Waals surface area contributed by atoms with Crippen molar-refractivity contribution in [3.8, 4) is 16.9 Å². The lowest BCUT2D eigenvalue weighted by molar-refractivity contribution is -0.120. The van der Waals surface area contributed by atoms with Crippen LogP contribution in [0, 0.1) is 26.7 Å². The molecule has 1 aliphatic rings. The number of anilines is 1. The van der Waals surface area contributed by atoms with Crippen LogP contribution in [0.3, 0.4) is 0 Å². The molecule has 43 heavy (non-hydrogen) atoms. The van der Waals surface area contributed by atoms with Gasteiger partial charge in [-0.15, -0.1) is 0 Å². The van der Waals surface area contributed by atoms with Gasteiger partial charge in [0.1, 0.15) is 34.6 Å². The fraction of sp³-hybridized carbons (Fsp3) is 0.394. The van der Waals surface area contributed by atoms with E-state index in [0.717, 1.165) is 64.4 Å². The summed E-state index contributed by atoms with van der Waals surface area (Å²) in [6, 6.07) is 11.2. The van der Waals surface area contributed by atoms with Crippen molar-refractivity contribution < 1.29 is 19.2 Å². The molecule has 1 saturated carbocycles. The average molecular weight is 602 g/mol. The summed E-state index contributed by atoms with van der Waals surface area (Å²) < 4.78 is 11.3. The Morgan fingerprint density at radius 1 is 1.16 bits per heavy atom. The zero-order valence-electron chi connectivity index (χ0n) is 24.8. The van der Waals surface area contributed by atoms with Crippen molar-refractivity contribution >= 4 is 45.1 Å². The largest absolute Gasteiger partial charge is 0.496 e. The van der Waals surface area contributed by atoms with E-state index < -0.39 is 0 Å². The van der Waals surface area contributed by atoms with Gasteiger partial charge in [0.05, 0.1) is 35.9 Å². The number of aromatic nitrogens is 4. The minimum Gasteiger partial charge on any atom is -0.496 e. The Hall–Kier alpha value is -3.95. The van der Waals surface area contributed by atoms with Crippen LogP contribution in [-0.4, -0.2) is 44.2 Å². The molecule has 0 saturated heterocycles. The standard InChI is InChI=1S/C33H36ClN5O4/c1-17-30(18(2)43-39-17)26-15-28-25(16-29(26)42-4)31-32(35-19(3)36-33(31)38-28)37-27(21-6-5-7-22(34)13-21)14-24(41)12-20-8-10-23(40)11-9-20/h5-7,13,15-16,20,23,27,40H,8-12,14H2,1-4H3,(H2,35,36,37,38)/t20?,23?,27-/m1/s1. The van der Waals surface area contributed by atoms with Gasteiger partial charge in [-0.3, -0.25) is 4.79 Å². The van der Waals surface area contributed by atoms with E-state index in [2.05, 4.69) is 15.5 Å². The van der Waals surface area contributed by atoms with E-state index in [4.69, 9.17) is 30.8 Å². The van der Waals surface area contributed by atoms with Crippen molar-refractivity contribution in [3.63, 3.8) is 0 Å². The summed E-state index contributed by atoms with van der Waals surface area (Å²) in [4.78, 5) is 26.4. The first-order chi connectivity index (χ1) is 20.7. The van der Waals surface area contributed by atoms with Crippen LogP contribution in [0.2, 0.25) is 5.02 Å². The smallest absolute Gasteiger partial charge is 0.144 e. The van der Waals surface area contributed by atoms with E-state index in [0.29, 0.717) is 46.2 Å². The maximum atomic E-state index is 13.4. The van der Waals surface area contributed by atoms with E-state index in [1.165, 1.54) is 0 Å². The molecule has 1 fully saturated rings. The van der Waals surface area contributed by atoms with E-state index in [1.807, 2.05) is 57.2 Å². The molecule has 6 rings (SSSR count). The van der Waals surface area contributed by atoms with Gasteiger partial charge in [0.2, 0.25) is 0 Å². The number of H-pyrrole nitrogens is 1. The number of benzene rings is 2. The number of aliphatic hydroxyl groups excluding tert-OH is 1. The number of methoxy groups -OCH3 is 1. The number of Topliss-reactive ketones (excluding diaryl/α,β-unsaturated/α-hetero) is 1. The normalized spacial score (nSPS) is 17.8. The van der Waals surface area contributed by atoms with Crippen LogP contribution < -0.4 is 10.1 Å². The number of aryl methyl sites for hydroxylation is 3. The Morgan fingerprint density at radius 3 is 2.65 bits per heavy atom. The molecule has 2 aromatic carbocycles. The number of hydrogen-bond donors (Lipinski definition) is 3.